The quantitative estimate of drug-likeness (QED) is 0.890. The molecule has 21 heavy (non-hydrogen) atoms. The minimum Gasteiger partial charge on any atom is -0.330 e. The van der Waals surface area contributed by atoms with Crippen LogP contribution >= 0.6 is 0 Å². The Balaban J connectivity index is 2.44. The van der Waals surface area contributed by atoms with Gasteiger partial charge >= 0.3 is 0 Å². The van der Waals surface area contributed by atoms with Gasteiger partial charge in [0.15, 0.2) is 0 Å². The Kier molecular flexibility index (Phi) is 5.07. The summed E-state index contributed by atoms with van der Waals surface area (Å²) in [5.41, 5.74) is 8.82. The zero-order valence-electron chi connectivity index (χ0n) is 12.5. The highest BCUT2D eigenvalue weighted by molar-refractivity contribution is 5.29. The molecule has 0 aliphatic carbocycles. The number of hydrogen-bond acceptors (Lipinski definition) is 2. The van der Waals surface area contributed by atoms with Gasteiger partial charge in [-0.25, -0.2) is 8.78 Å². The second-order valence-corrected chi connectivity index (χ2v) is 4.98. The van der Waals surface area contributed by atoms with Crippen LogP contribution in [0.15, 0.2) is 18.2 Å². The highest BCUT2D eigenvalue weighted by atomic mass is 19.1. The van der Waals surface area contributed by atoms with E-state index in [1.165, 1.54) is 18.2 Å². The van der Waals surface area contributed by atoms with Crippen molar-refractivity contribution in [3.63, 3.8) is 0 Å². The molecule has 0 unspecified atom stereocenters. The summed E-state index contributed by atoms with van der Waals surface area (Å²) in [4.78, 5) is 0. The molecule has 0 saturated carbocycles. The minimum absolute atomic E-state index is 0.0525. The maximum absolute atomic E-state index is 13.8. The van der Waals surface area contributed by atoms with E-state index in [2.05, 4.69) is 5.10 Å². The van der Waals surface area contributed by atoms with Gasteiger partial charge in [0.05, 0.1) is 12.2 Å². The van der Waals surface area contributed by atoms with Crippen LogP contribution in [-0.4, -0.2) is 16.3 Å². The number of nitrogens with zero attached hydrogens (tertiary/aromatic N) is 2. The van der Waals surface area contributed by atoms with Crippen LogP contribution in [0.4, 0.5) is 8.78 Å². The van der Waals surface area contributed by atoms with E-state index in [1.54, 1.807) is 4.68 Å². The summed E-state index contributed by atoms with van der Waals surface area (Å²) in [5.74, 6) is -1.07. The molecule has 3 nitrogen and oxygen atoms in total. The molecular formula is C16H21F2N3. The van der Waals surface area contributed by atoms with Gasteiger partial charge in [-0.05, 0) is 43.5 Å². The fourth-order valence-corrected chi connectivity index (χ4v) is 2.67. The first kappa shape index (κ1) is 15.6. The first-order valence-corrected chi connectivity index (χ1v) is 7.32. The Morgan fingerprint density at radius 1 is 1.10 bits per heavy atom. The van der Waals surface area contributed by atoms with Gasteiger partial charge in [0.25, 0.3) is 0 Å². The molecule has 0 spiro atoms. The van der Waals surface area contributed by atoms with Crippen LogP contribution in [0.5, 0.6) is 0 Å². The van der Waals surface area contributed by atoms with E-state index in [0.29, 0.717) is 6.54 Å². The molecule has 0 fully saturated rings. The molecule has 2 aromatic rings. The van der Waals surface area contributed by atoms with Crippen molar-refractivity contribution >= 4 is 0 Å². The lowest BCUT2D eigenvalue weighted by Crippen LogP contribution is -2.11. The molecule has 0 bridgehead atoms. The summed E-state index contributed by atoms with van der Waals surface area (Å²) in [5, 5.41) is 4.52. The zero-order valence-corrected chi connectivity index (χ0v) is 12.5. The number of benzene rings is 1. The molecule has 114 valence electrons. The van der Waals surface area contributed by atoms with Crippen LogP contribution in [0, 0.1) is 11.6 Å². The van der Waals surface area contributed by atoms with Gasteiger partial charge in [0.2, 0.25) is 0 Å². The number of aryl methyl sites for hydroxylation is 1. The van der Waals surface area contributed by atoms with Crippen LogP contribution in [0.3, 0.4) is 0 Å². The van der Waals surface area contributed by atoms with E-state index >= 15 is 0 Å². The van der Waals surface area contributed by atoms with Crippen molar-refractivity contribution in [1.82, 2.24) is 9.78 Å². The lowest BCUT2D eigenvalue weighted by Gasteiger charge is -2.09. The van der Waals surface area contributed by atoms with E-state index in [4.69, 9.17) is 5.73 Å². The van der Waals surface area contributed by atoms with Gasteiger partial charge in [0.1, 0.15) is 11.6 Å². The van der Waals surface area contributed by atoms with Crippen molar-refractivity contribution in [1.29, 1.82) is 0 Å². The van der Waals surface area contributed by atoms with Gasteiger partial charge in [-0.1, -0.05) is 19.9 Å². The molecule has 0 radical (unpaired) electrons. The van der Waals surface area contributed by atoms with Crippen molar-refractivity contribution in [3.8, 4) is 0 Å². The number of aromatic nitrogens is 2. The Morgan fingerprint density at radius 3 is 2.29 bits per heavy atom. The number of hydrogen-bond donors (Lipinski definition) is 1. The SMILES string of the molecule is CCc1nn(Cc2c(F)cccc2F)c(CC)c1CCN. The van der Waals surface area contributed by atoms with Gasteiger partial charge in [0, 0.05) is 11.3 Å². The summed E-state index contributed by atoms with van der Waals surface area (Å²) >= 11 is 0. The summed E-state index contributed by atoms with van der Waals surface area (Å²) in [6, 6.07) is 3.92. The van der Waals surface area contributed by atoms with Gasteiger partial charge in [-0.3, -0.25) is 4.68 Å². The maximum atomic E-state index is 13.8. The second-order valence-electron chi connectivity index (χ2n) is 4.98. The molecule has 0 saturated heterocycles. The topological polar surface area (TPSA) is 43.8 Å². The number of nitrogens with two attached hydrogens (primary N) is 1. The van der Waals surface area contributed by atoms with Crippen molar-refractivity contribution in [3.05, 3.63) is 52.3 Å². The molecule has 1 aromatic carbocycles. The largest absolute Gasteiger partial charge is 0.330 e. The summed E-state index contributed by atoms with van der Waals surface area (Å²) < 4.78 is 29.3. The Hall–Kier alpha value is -1.75. The molecule has 1 aromatic heterocycles. The zero-order chi connectivity index (χ0) is 15.4. The Morgan fingerprint density at radius 2 is 1.76 bits per heavy atom. The standard InChI is InChI=1S/C16H21F2N3/c1-3-15-11(8-9-19)16(4-2)21(20-15)10-12-13(17)6-5-7-14(12)18/h5-7H,3-4,8-10,19H2,1-2H3. The van der Waals surface area contributed by atoms with Crippen molar-refractivity contribution < 1.29 is 8.78 Å². The third kappa shape index (κ3) is 3.13. The van der Waals surface area contributed by atoms with E-state index in [1.807, 2.05) is 13.8 Å². The van der Waals surface area contributed by atoms with Gasteiger partial charge in [-0.15, -0.1) is 0 Å². The van der Waals surface area contributed by atoms with E-state index in [0.717, 1.165) is 36.2 Å². The van der Waals surface area contributed by atoms with E-state index in [9.17, 15) is 8.78 Å². The molecule has 0 atom stereocenters. The highest BCUT2D eigenvalue weighted by Crippen LogP contribution is 2.20. The van der Waals surface area contributed by atoms with Crippen molar-refractivity contribution in [2.75, 3.05) is 6.54 Å². The fourth-order valence-electron chi connectivity index (χ4n) is 2.67. The summed E-state index contributed by atoms with van der Waals surface area (Å²) in [6.45, 7) is 4.69. The molecule has 0 aliphatic rings. The summed E-state index contributed by atoms with van der Waals surface area (Å²) in [7, 11) is 0. The normalized spacial score (nSPS) is 11.1. The lowest BCUT2D eigenvalue weighted by molar-refractivity contribution is 0.525. The molecule has 2 N–H and O–H groups in total. The molecule has 5 heteroatoms. The third-order valence-corrected chi connectivity index (χ3v) is 3.68. The molecule has 2 rings (SSSR count). The first-order valence-electron chi connectivity index (χ1n) is 7.32. The van der Waals surface area contributed by atoms with Crippen LogP contribution < -0.4 is 5.73 Å². The predicted molar refractivity (Wildman–Crippen MR) is 79.2 cm³/mol. The van der Waals surface area contributed by atoms with Gasteiger partial charge < -0.3 is 5.73 Å². The summed E-state index contributed by atoms with van der Waals surface area (Å²) in [6.07, 6.45) is 2.29. The van der Waals surface area contributed by atoms with Crippen molar-refractivity contribution in [2.45, 2.75) is 39.7 Å². The number of rotatable bonds is 6. The van der Waals surface area contributed by atoms with Crippen LogP contribution in [0.2, 0.25) is 0 Å². The molecule has 0 amide bonds. The van der Waals surface area contributed by atoms with E-state index in [-0.39, 0.29) is 12.1 Å². The highest BCUT2D eigenvalue weighted by Gasteiger charge is 2.17. The lowest BCUT2D eigenvalue weighted by atomic mass is 10.1. The van der Waals surface area contributed by atoms with Crippen LogP contribution in [-0.2, 0) is 25.8 Å². The van der Waals surface area contributed by atoms with E-state index < -0.39 is 11.6 Å². The maximum Gasteiger partial charge on any atom is 0.131 e. The second kappa shape index (κ2) is 6.80. The minimum atomic E-state index is -0.536. The predicted octanol–water partition coefficient (Wildman–Crippen LogP) is 2.84. The average Bonchev–Trinajstić information content (AvgIpc) is 2.80. The monoisotopic (exact) mass is 293 g/mol. The molecular weight excluding hydrogens is 272 g/mol. The Labute approximate surface area is 123 Å². The molecule has 1 heterocycles. The number of halogens is 2. The third-order valence-electron chi connectivity index (χ3n) is 3.68. The van der Waals surface area contributed by atoms with Crippen molar-refractivity contribution in [2.24, 2.45) is 5.73 Å². The van der Waals surface area contributed by atoms with Crippen LogP contribution in [0.1, 0.15) is 36.4 Å². The molecule has 0 aliphatic heterocycles. The fraction of sp³-hybridized carbons (Fsp3) is 0.438. The first-order chi connectivity index (χ1) is 10.1. The average molecular weight is 293 g/mol. The van der Waals surface area contributed by atoms with Gasteiger partial charge in [-0.2, -0.15) is 5.10 Å². The Bertz CT molecular complexity index is 600. The smallest absolute Gasteiger partial charge is 0.131 e. The van der Waals surface area contributed by atoms with Crippen LogP contribution in [0.25, 0.3) is 0 Å².